The monoisotopic (exact) mass is 1590 g/mol. The molecule has 0 spiro atoms. The summed E-state index contributed by atoms with van der Waals surface area (Å²) in [6.45, 7) is 28.3. The summed E-state index contributed by atoms with van der Waals surface area (Å²) in [7, 11) is 0. The number of aliphatic hydroxyl groups excluding tert-OH is 1. The van der Waals surface area contributed by atoms with Crippen LogP contribution < -0.4 is 97.0 Å². The molecule has 38 heteroatoms. The lowest BCUT2D eigenvalue weighted by Crippen LogP contribution is -2.67. The number of carbonyl (C=O) groups is 18. The Labute approximate surface area is 659 Å². The Bertz CT molecular complexity index is 3790. The fourth-order valence-corrected chi connectivity index (χ4v) is 11.2. The summed E-state index contributed by atoms with van der Waals surface area (Å²) in [6, 6.07) is -5.69. The number of nitrogens with one attached hydrogen (secondary N) is 16. The van der Waals surface area contributed by atoms with Gasteiger partial charge in [-0.25, -0.2) is 0 Å². The molecule has 0 aliphatic carbocycles. The number of fused-ring (bicyclic) bond motifs is 1. The lowest BCUT2D eigenvalue weighted by molar-refractivity contribution is -0.140. The molecule has 18 amide bonds. The first kappa shape index (κ1) is 98.3. The Kier molecular flexibility index (Phi) is 37.6. The molecular formula is C75H123N19O19. The number of amides is 18. The molecule has 10 unspecified atom stereocenters. The van der Waals surface area contributed by atoms with Gasteiger partial charge in [0.1, 0.15) is 82.1 Å². The van der Waals surface area contributed by atoms with E-state index in [1.54, 1.807) is 33.9 Å². The fraction of sp³-hybridized carbons (Fsp3) is 0.653. The van der Waals surface area contributed by atoms with Crippen LogP contribution in [0.25, 0.3) is 10.9 Å². The van der Waals surface area contributed by atoms with Crippen molar-refractivity contribution in [2.75, 3.05) is 6.61 Å². The van der Waals surface area contributed by atoms with Crippen LogP contribution in [0.2, 0.25) is 0 Å². The molecule has 1 heterocycles. The summed E-state index contributed by atoms with van der Waals surface area (Å²) in [4.78, 5) is 245. The molecule has 0 bridgehead atoms. The van der Waals surface area contributed by atoms with Gasteiger partial charge in [0.05, 0.1) is 12.6 Å². The van der Waals surface area contributed by atoms with Crippen molar-refractivity contribution < 1.29 is 91.4 Å². The topological polar surface area (TPSA) is 602 Å². The number of rotatable bonds is 47. The van der Waals surface area contributed by atoms with Crippen LogP contribution in [0.5, 0.6) is 0 Å². The molecule has 0 aliphatic rings. The zero-order chi connectivity index (χ0) is 86.8. The molecule has 10 atom stereocenters. The van der Waals surface area contributed by atoms with Gasteiger partial charge in [0, 0.05) is 49.7 Å². The first-order chi connectivity index (χ1) is 51.9. The molecule has 2 aromatic rings. The van der Waals surface area contributed by atoms with E-state index in [1.165, 1.54) is 96.9 Å². The van der Waals surface area contributed by atoms with Crippen molar-refractivity contribution in [3.63, 3.8) is 0 Å². The van der Waals surface area contributed by atoms with E-state index in [4.69, 9.17) is 17.2 Å². The van der Waals surface area contributed by atoms with E-state index in [2.05, 4.69) is 84.7 Å². The van der Waals surface area contributed by atoms with Crippen LogP contribution in [0.1, 0.15) is 202 Å². The van der Waals surface area contributed by atoms with Crippen molar-refractivity contribution in [3.8, 4) is 0 Å². The van der Waals surface area contributed by atoms with Crippen LogP contribution in [0.4, 0.5) is 0 Å². The number of aromatic nitrogens is 1. The Hall–Kier alpha value is -10.8. The maximum Gasteiger partial charge on any atom is 0.246 e. The van der Waals surface area contributed by atoms with Crippen molar-refractivity contribution in [2.24, 2.45) is 35.0 Å². The molecule has 1 aromatic carbocycles. The second kappa shape index (κ2) is 43.3. The van der Waals surface area contributed by atoms with E-state index in [0.29, 0.717) is 6.42 Å². The van der Waals surface area contributed by atoms with E-state index in [0.717, 1.165) is 16.5 Å². The second-order valence-corrected chi connectivity index (χ2v) is 32.5. The lowest BCUT2D eigenvalue weighted by Gasteiger charge is -2.35. The number of aliphatic hydroxyl groups is 1. The van der Waals surface area contributed by atoms with Crippen LogP contribution in [-0.4, -0.2) is 211 Å². The minimum absolute atomic E-state index is 0.00862. The van der Waals surface area contributed by atoms with Gasteiger partial charge in [-0.15, -0.1) is 0 Å². The van der Waals surface area contributed by atoms with Crippen LogP contribution >= 0.6 is 0 Å². The van der Waals surface area contributed by atoms with Crippen LogP contribution in [0, 0.1) is 17.8 Å². The first-order valence-corrected chi connectivity index (χ1v) is 37.6. The molecule has 113 heavy (non-hydrogen) atoms. The maximum atomic E-state index is 14.2. The molecule has 632 valence electrons. The van der Waals surface area contributed by atoms with E-state index in [-0.39, 0.29) is 49.9 Å². The van der Waals surface area contributed by atoms with Gasteiger partial charge in [-0.2, -0.15) is 0 Å². The molecule has 2 rings (SSSR count). The summed E-state index contributed by atoms with van der Waals surface area (Å²) < 4.78 is 0. The van der Waals surface area contributed by atoms with E-state index < -0.39 is 227 Å². The first-order valence-electron chi connectivity index (χ1n) is 37.6. The summed E-state index contributed by atoms with van der Waals surface area (Å²) in [5.41, 5.74) is 8.52. The predicted octanol–water partition coefficient (Wildman–Crippen LogP) is -2.96. The Balaban J connectivity index is 2.21. The minimum Gasteiger partial charge on any atom is -0.394 e. The molecular weight excluding hydrogens is 1470 g/mol. The Morgan fingerprint density at radius 2 is 0.690 bits per heavy atom. The molecule has 38 nitrogen and oxygen atoms in total. The Morgan fingerprint density at radius 1 is 0.363 bits per heavy atom. The van der Waals surface area contributed by atoms with Crippen molar-refractivity contribution >= 4 is 117 Å². The van der Waals surface area contributed by atoms with Gasteiger partial charge in [-0.05, 0) is 158 Å². The second-order valence-electron chi connectivity index (χ2n) is 32.5. The molecule has 0 saturated carbocycles. The molecule has 0 saturated heterocycles. The highest BCUT2D eigenvalue weighted by molar-refractivity contribution is 6.03. The smallest absolute Gasteiger partial charge is 0.246 e. The van der Waals surface area contributed by atoms with Gasteiger partial charge in [-0.3, -0.25) is 86.3 Å². The number of nitrogens with two attached hydrogens (primary N) is 3. The third-order valence-corrected chi connectivity index (χ3v) is 18.0. The fourth-order valence-electron chi connectivity index (χ4n) is 11.2. The highest BCUT2D eigenvalue weighted by atomic mass is 16.3. The number of benzene rings is 1. The Morgan fingerprint density at radius 3 is 1.12 bits per heavy atom. The van der Waals surface area contributed by atoms with E-state index in [9.17, 15) is 91.4 Å². The average Bonchev–Trinajstić information content (AvgIpc) is 1.81. The standard InChI is InChI=1S/C75H123N19O19/c1-37(2)31-45(36-95)84-60(103)48(25-28-54(76)97)85-57(100)40(7)80-62(105)51(32-38(3)4)87-61(104)49(26-29-55(77)98)86-58(101)41(8)82-66(109)72(13,14)93-70(113)75(19,20)91-64(107)50(27-30-56(78)99)88-67(110)71(11,12)92-65(108)52(33-39(5)6)89-68(111)73(15,16)94-69(112)74(17,18)90-59(102)42(9)81-63(106)53(83-43(10)96)34-44-35-79-47-24-22-21-23-46(44)47/h21-24,35,37-42,45,48-53,79,95H,25-34,36H2,1-20H3,(H2,76,97)(H2,77,98)(H2,78,99)(H,80,105)(H,81,106)(H,82,109)(H,83,96)(H,84,103)(H,85,100)(H,86,101)(H,87,104)(H,88,110)(H,89,111)(H,90,102)(H,91,107)(H,92,108)(H,93,113)(H,94,112). The van der Waals surface area contributed by atoms with Gasteiger partial charge in [0.25, 0.3) is 0 Å². The number of carbonyl (C=O) groups excluding carboxylic acids is 18. The van der Waals surface area contributed by atoms with Gasteiger partial charge in [0.15, 0.2) is 0 Å². The van der Waals surface area contributed by atoms with Gasteiger partial charge in [-0.1, -0.05) is 59.7 Å². The zero-order valence-electron chi connectivity index (χ0n) is 68.7. The molecule has 1 aromatic heterocycles. The molecule has 0 radical (unpaired) electrons. The third kappa shape index (κ3) is 33.2. The molecule has 0 fully saturated rings. The van der Waals surface area contributed by atoms with Crippen molar-refractivity contribution in [1.29, 1.82) is 0 Å². The third-order valence-electron chi connectivity index (χ3n) is 18.0. The van der Waals surface area contributed by atoms with Crippen molar-refractivity contribution in [1.82, 2.24) is 84.7 Å². The van der Waals surface area contributed by atoms with Crippen LogP contribution in [0.3, 0.4) is 0 Å². The summed E-state index contributed by atoms with van der Waals surface area (Å²) in [6.07, 6.45) is -0.124. The lowest BCUT2D eigenvalue weighted by atomic mass is 9.96. The number of aromatic amines is 1. The normalized spacial score (nSPS) is 14.5. The van der Waals surface area contributed by atoms with E-state index in [1.807, 2.05) is 38.1 Å². The predicted molar refractivity (Wildman–Crippen MR) is 416 cm³/mol. The summed E-state index contributed by atoms with van der Waals surface area (Å²) in [5, 5.41) is 48.8. The number of hydrogen-bond acceptors (Lipinski definition) is 19. The van der Waals surface area contributed by atoms with Gasteiger partial charge in [0.2, 0.25) is 106 Å². The van der Waals surface area contributed by atoms with Crippen molar-refractivity contribution in [2.45, 2.75) is 291 Å². The maximum absolute atomic E-state index is 14.2. The number of hydrogen-bond donors (Lipinski definition) is 20. The van der Waals surface area contributed by atoms with Gasteiger partial charge >= 0.3 is 0 Å². The van der Waals surface area contributed by atoms with E-state index >= 15 is 0 Å². The number of H-pyrrole nitrogens is 1. The van der Waals surface area contributed by atoms with Crippen molar-refractivity contribution in [3.05, 3.63) is 36.0 Å². The van der Waals surface area contributed by atoms with Gasteiger partial charge < -0.3 is 107 Å². The summed E-state index contributed by atoms with van der Waals surface area (Å²) in [5.74, 6) is -16.0. The highest BCUT2D eigenvalue weighted by Gasteiger charge is 2.44. The zero-order valence-corrected chi connectivity index (χ0v) is 68.7. The van der Waals surface area contributed by atoms with Crippen LogP contribution in [0.15, 0.2) is 30.5 Å². The number of primary amides is 3. The molecule has 0 aliphatic heterocycles. The van der Waals surface area contributed by atoms with Crippen LogP contribution in [-0.2, 0) is 92.7 Å². The SMILES string of the molecule is CC(=O)NC(Cc1c[nH]c2ccccc12)C(=O)NC(C)C(=O)NC(C)(C)C(=O)NC(C)(C)C(=O)NC(CC(C)C)C(=O)NC(C)(C)C(=O)NC(CCC(N)=O)C(=O)NC(C)(C)C(=O)NC(C)(C)C(=O)NC(C)C(=O)NC(CCC(N)=O)C(=O)NC(CC(C)C)C(=O)NC(C)C(=O)NC(CCC(N)=O)C(=O)NC(CO)CC(C)C. The minimum atomic E-state index is -1.93. The summed E-state index contributed by atoms with van der Waals surface area (Å²) >= 11 is 0. The number of para-hydroxylation sites is 1. The quantitative estimate of drug-likeness (QED) is 0.0315. The average molecular weight is 1590 g/mol. The molecule has 23 N–H and O–H groups in total. The largest absolute Gasteiger partial charge is 0.394 e. The highest BCUT2D eigenvalue weighted by Crippen LogP contribution is 2.21.